The molecule has 0 bridgehead atoms. The Morgan fingerprint density at radius 2 is 1.40 bits per heavy atom. The van der Waals surface area contributed by atoms with E-state index in [1.54, 1.807) is 28.6 Å². The maximum Gasteiger partial charge on any atom is 0.243 e. The average molecular weight is 489 g/mol. The zero-order valence-electron chi connectivity index (χ0n) is 20.0. The topological polar surface area (TPSA) is 57.7 Å². The maximum absolute atomic E-state index is 12.8. The lowest BCUT2D eigenvalue weighted by Gasteiger charge is -2.28. The fourth-order valence-corrected chi connectivity index (χ4v) is 6.58. The number of carbonyl (C=O) groups is 1. The lowest BCUT2D eigenvalue weighted by atomic mass is 9.99. The zero-order valence-corrected chi connectivity index (χ0v) is 20.8. The van der Waals surface area contributed by atoms with Gasteiger partial charge in [-0.05, 0) is 53.6 Å². The SMILES string of the molecule is O=C(Cc1ccc(S(=O)(=O)N2CCCCC2)cc1)c1ccc(CN2CCc3ccccc3C2)cc1. The molecule has 182 valence electrons. The molecule has 5 rings (SSSR count). The van der Waals surface area contributed by atoms with Crippen molar-refractivity contribution in [2.75, 3.05) is 19.6 Å². The summed E-state index contributed by atoms with van der Waals surface area (Å²) in [6.07, 6.45) is 4.24. The van der Waals surface area contributed by atoms with Crippen molar-refractivity contribution in [1.29, 1.82) is 0 Å². The van der Waals surface area contributed by atoms with Crippen molar-refractivity contribution in [2.24, 2.45) is 0 Å². The van der Waals surface area contributed by atoms with E-state index in [0.717, 1.165) is 50.9 Å². The Morgan fingerprint density at radius 1 is 0.743 bits per heavy atom. The maximum atomic E-state index is 12.8. The van der Waals surface area contributed by atoms with Gasteiger partial charge in [-0.2, -0.15) is 4.31 Å². The van der Waals surface area contributed by atoms with Gasteiger partial charge in [0.05, 0.1) is 4.90 Å². The second kappa shape index (κ2) is 10.4. The number of ketones is 1. The molecule has 1 saturated heterocycles. The minimum absolute atomic E-state index is 0.0371. The summed E-state index contributed by atoms with van der Waals surface area (Å²) in [6, 6.07) is 23.3. The Bertz CT molecular complexity index is 1280. The number of hydrogen-bond donors (Lipinski definition) is 0. The van der Waals surface area contributed by atoms with Gasteiger partial charge >= 0.3 is 0 Å². The van der Waals surface area contributed by atoms with Crippen LogP contribution in [0.2, 0.25) is 0 Å². The van der Waals surface area contributed by atoms with Crippen LogP contribution in [0, 0.1) is 0 Å². The number of sulfonamides is 1. The largest absolute Gasteiger partial charge is 0.294 e. The summed E-state index contributed by atoms with van der Waals surface area (Å²) in [4.78, 5) is 15.6. The summed E-state index contributed by atoms with van der Waals surface area (Å²) < 4.78 is 27.2. The van der Waals surface area contributed by atoms with Gasteiger partial charge in [0.15, 0.2) is 5.78 Å². The van der Waals surface area contributed by atoms with Crippen LogP contribution in [-0.4, -0.2) is 43.0 Å². The van der Waals surface area contributed by atoms with Crippen molar-refractivity contribution in [1.82, 2.24) is 9.21 Å². The number of rotatable bonds is 7. The highest BCUT2D eigenvalue weighted by Crippen LogP contribution is 2.22. The molecular formula is C29H32N2O3S. The highest BCUT2D eigenvalue weighted by molar-refractivity contribution is 7.89. The fourth-order valence-electron chi connectivity index (χ4n) is 5.06. The van der Waals surface area contributed by atoms with E-state index in [9.17, 15) is 13.2 Å². The minimum atomic E-state index is -3.45. The van der Waals surface area contributed by atoms with E-state index in [1.807, 2.05) is 24.3 Å². The predicted molar refractivity (Wildman–Crippen MR) is 138 cm³/mol. The second-order valence-electron chi connectivity index (χ2n) is 9.63. The van der Waals surface area contributed by atoms with E-state index < -0.39 is 10.0 Å². The Balaban J connectivity index is 1.18. The van der Waals surface area contributed by atoms with Crippen molar-refractivity contribution in [3.63, 3.8) is 0 Å². The first kappa shape index (κ1) is 23.9. The molecule has 0 saturated carbocycles. The zero-order chi connectivity index (χ0) is 24.3. The van der Waals surface area contributed by atoms with E-state index >= 15 is 0 Å². The Kier molecular flexibility index (Phi) is 7.14. The first-order valence-corrected chi connectivity index (χ1v) is 13.9. The second-order valence-corrected chi connectivity index (χ2v) is 11.6. The number of carbonyl (C=O) groups excluding carboxylic acids is 1. The van der Waals surface area contributed by atoms with Crippen molar-refractivity contribution < 1.29 is 13.2 Å². The van der Waals surface area contributed by atoms with Crippen LogP contribution >= 0.6 is 0 Å². The van der Waals surface area contributed by atoms with Crippen LogP contribution in [0.25, 0.3) is 0 Å². The van der Waals surface area contributed by atoms with Gasteiger partial charge in [0.25, 0.3) is 0 Å². The van der Waals surface area contributed by atoms with E-state index in [1.165, 1.54) is 16.7 Å². The van der Waals surface area contributed by atoms with E-state index in [4.69, 9.17) is 0 Å². The summed E-state index contributed by atoms with van der Waals surface area (Å²) >= 11 is 0. The number of fused-ring (bicyclic) bond motifs is 1. The lowest BCUT2D eigenvalue weighted by molar-refractivity contribution is 0.0993. The molecule has 0 radical (unpaired) electrons. The number of hydrogen-bond acceptors (Lipinski definition) is 4. The fraction of sp³-hybridized carbons (Fsp3) is 0.345. The van der Waals surface area contributed by atoms with Gasteiger partial charge in [-0.25, -0.2) is 8.42 Å². The molecule has 2 aliphatic heterocycles. The van der Waals surface area contributed by atoms with Crippen molar-refractivity contribution in [2.45, 2.75) is 50.1 Å². The molecule has 1 fully saturated rings. The van der Waals surface area contributed by atoms with Crippen LogP contribution in [0.5, 0.6) is 0 Å². The smallest absolute Gasteiger partial charge is 0.243 e. The molecule has 0 N–H and O–H groups in total. The monoisotopic (exact) mass is 488 g/mol. The van der Waals surface area contributed by atoms with Gasteiger partial charge in [0.1, 0.15) is 0 Å². The van der Waals surface area contributed by atoms with E-state index in [-0.39, 0.29) is 12.2 Å². The molecule has 2 heterocycles. The third-order valence-corrected chi connectivity index (χ3v) is 9.05. The molecule has 0 unspecified atom stereocenters. The highest BCUT2D eigenvalue weighted by Gasteiger charge is 2.25. The van der Waals surface area contributed by atoms with E-state index in [0.29, 0.717) is 23.5 Å². The molecule has 0 amide bonds. The number of benzene rings is 3. The van der Waals surface area contributed by atoms with Gasteiger partial charge < -0.3 is 0 Å². The molecule has 6 heteroatoms. The summed E-state index contributed by atoms with van der Waals surface area (Å²) in [5.41, 5.74) is 5.56. The Labute approximate surface area is 208 Å². The highest BCUT2D eigenvalue weighted by atomic mass is 32.2. The third-order valence-electron chi connectivity index (χ3n) is 7.13. The lowest BCUT2D eigenvalue weighted by Crippen LogP contribution is -2.35. The molecule has 35 heavy (non-hydrogen) atoms. The molecule has 0 aliphatic carbocycles. The summed E-state index contributed by atoms with van der Waals surface area (Å²) in [6.45, 7) is 4.05. The van der Waals surface area contributed by atoms with Crippen molar-refractivity contribution >= 4 is 15.8 Å². The minimum Gasteiger partial charge on any atom is -0.294 e. The van der Waals surface area contributed by atoms with E-state index in [2.05, 4.69) is 29.2 Å². The summed E-state index contributed by atoms with van der Waals surface area (Å²) in [7, 11) is -3.45. The number of Topliss-reactive ketones (excluding diaryl/α,β-unsaturated/α-hetero) is 1. The van der Waals surface area contributed by atoms with Crippen LogP contribution in [-0.2, 0) is 36.0 Å². The first-order valence-electron chi connectivity index (χ1n) is 12.5. The Morgan fingerprint density at radius 3 is 2.11 bits per heavy atom. The standard InChI is InChI=1S/C29H32N2O3S/c32-29(20-23-10-14-28(15-11-23)35(33,34)31-17-4-1-5-18-31)26-12-8-24(9-13-26)21-30-19-16-25-6-2-3-7-27(25)22-30/h2-3,6-15H,1,4-5,16-22H2. The first-order chi connectivity index (χ1) is 17.0. The van der Waals surface area contributed by atoms with Crippen molar-refractivity contribution in [3.05, 3.63) is 101 Å². The van der Waals surface area contributed by atoms with Crippen LogP contribution in [0.1, 0.15) is 51.9 Å². The summed E-state index contributed by atoms with van der Waals surface area (Å²) in [5.74, 6) is 0.0371. The molecule has 0 spiro atoms. The number of piperidine rings is 1. The average Bonchev–Trinajstić information content (AvgIpc) is 2.90. The van der Waals surface area contributed by atoms with Crippen LogP contribution in [0.15, 0.2) is 77.7 Å². The van der Waals surface area contributed by atoms with Gasteiger partial charge in [0.2, 0.25) is 10.0 Å². The van der Waals surface area contributed by atoms with Gasteiger partial charge in [0, 0.05) is 44.7 Å². The van der Waals surface area contributed by atoms with Crippen LogP contribution < -0.4 is 0 Å². The molecule has 5 nitrogen and oxygen atoms in total. The van der Waals surface area contributed by atoms with Gasteiger partial charge in [-0.3, -0.25) is 9.69 Å². The van der Waals surface area contributed by atoms with Gasteiger partial charge in [-0.1, -0.05) is 67.1 Å². The normalized spacial score (nSPS) is 17.1. The van der Waals surface area contributed by atoms with Crippen molar-refractivity contribution in [3.8, 4) is 0 Å². The predicted octanol–water partition coefficient (Wildman–Crippen LogP) is 4.84. The number of nitrogens with zero attached hydrogens (tertiary/aromatic N) is 2. The quantitative estimate of drug-likeness (QED) is 0.447. The molecular weight excluding hydrogens is 456 g/mol. The van der Waals surface area contributed by atoms with Crippen LogP contribution in [0.3, 0.4) is 0 Å². The third kappa shape index (κ3) is 5.56. The van der Waals surface area contributed by atoms with Gasteiger partial charge in [-0.15, -0.1) is 0 Å². The Hall–Kier alpha value is -2.80. The van der Waals surface area contributed by atoms with Crippen LogP contribution in [0.4, 0.5) is 0 Å². The molecule has 3 aromatic carbocycles. The molecule has 3 aromatic rings. The molecule has 0 aromatic heterocycles. The molecule has 0 atom stereocenters. The summed E-state index contributed by atoms with van der Waals surface area (Å²) in [5, 5.41) is 0. The molecule has 2 aliphatic rings.